The fraction of sp³-hybridized carbons (Fsp3) is 0.0909. The van der Waals surface area contributed by atoms with Gasteiger partial charge in [0, 0.05) is 10.2 Å². The second-order valence-electron chi connectivity index (χ2n) is 2.83. The summed E-state index contributed by atoms with van der Waals surface area (Å²) in [5.41, 5.74) is 2.68. The third-order valence-electron chi connectivity index (χ3n) is 2.07. The minimum Gasteiger partial charge on any atom is -0.103 e. The van der Waals surface area contributed by atoms with E-state index in [0.29, 0.717) is 0 Å². The smallest absolute Gasteiger partial charge is 0.0396 e. The largest absolute Gasteiger partial charge is 0.103 e. The fourth-order valence-electron chi connectivity index (χ4n) is 1.30. The van der Waals surface area contributed by atoms with E-state index in [2.05, 4.69) is 31.4 Å². The van der Waals surface area contributed by atoms with Crippen molar-refractivity contribution in [3.05, 3.63) is 48.6 Å². The summed E-state index contributed by atoms with van der Waals surface area (Å²) in [7, 11) is 1.08. The van der Waals surface area contributed by atoms with Gasteiger partial charge in [0.2, 0.25) is 0 Å². The Bertz CT molecular complexity index is 300. The van der Waals surface area contributed by atoms with Crippen LogP contribution in [0.4, 0.5) is 0 Å². The molecule has 0 radical (unpaired) electrons. The first-order chi connectivity index (χ1) is 5.79. The summed E-state index contributed by atoms with van der Waals surface area (Å²) in [6.07, 6.45) is 4.85. The maximum atomic E-state index is 3.79. The molecule has 0 amide bonds. The SMILES string of the molecule is C=CCc1cccc(C=C)c1[SiH3]. The average Bonchev–Trinajstić information content (AvgIpc) is 2.09. The zero-order valence-corrected chi connectivity index (χ0v) is 9.51. The van der Waals surface area contributed by atoms with Crippen molar-refractivity contribution in [2.75, 3.05) is 0 Å². The van der Waals surface area contributed by atoms with Crippen LogP contribution < -0.4 is 5.19 Å². The Morgan fingerprint density at radius 1 is 1.33 bits per heavy atom. The number of hydrogen-bond acceptors (Lipinski definition) is 0. The summed E-state index contributed by atoms with van der Waals surface area (Å²) < 4.78 is 0. The second kappa shape index (κ2) is 4.07. The van der Waals surface area contributed by atoms with Gasteiger partial charge in [-0.2, -0.15) is 0 Å². The Labute approximate surface area is 77.0 Å². The van der Waals surface area contributed by atoms with E-state index in [1.165, 1.54) is 16.3 Å². The molecule has 62 valence electrons. The predicted octanol–water partition coefficient (Wildman–Crippen LogP) is 1.05. The van der Waals surface area contributed by atoms with Gasteiger partial charge in [0.1, 0.15) is 0 Å². The lowest BCUT2D eigenvalue weighted by Gasteiger charge is -2.05. The molecule has 1 heteroatoms. The molecule has 1 rings (SSSR count). The Morgan fingerprint density at radius 3 is 2.67 bits per heavy atom. The number of rotatable bonds is 3. The molecule has 0 N–H and O–H groups in total. The highest BCUT2D eigenvalue weighted by Gasteiger charge is 1.97. The van der Waals surface area contributed by atoms with Gasteiger partial charge in [0.15, 0.2) is 0 Å². The maximum absolute atomic E-state index is 3.79. The lowest BCUT2D eigenvalue weighted by atomic mass is 10.1. The molecule has 12 heavy (non-hydrogen) atoms. The maximum Gasteiger partial charge on any atom is 0.0396 e. The van der Waals surface area contributed by atoms with Gasteiger partial charge < -0.3 is 0 Å². The fourth-order valence-corrected chi connectivity index (χ4v) is 2.04. The lowest BCUT2D eigenvalue weighted by Crippen LogP contribution is -2.13. The van der Waals surface area contributed by atoms with Gasteiger partial charge in [-0.3, -0.25) is 0 Å². The van der Waals surface area contributed by atoms with Crippen molar-refractivity contribution in [1.82, 2.24) is 0 Å². The number of benzene rings is 1. The molecule has 0 heterocycles. The van der Waals surface area contributed by atoms with E-state index in [-0.39, 0.29) is 0 Å². The molecule has 0 aliphatic rings. The summed E-state index contributed by atoms with van der Waals surface area (Å²) in [6.45, 7) is 7.53. The van der Waals surface area contributed by atoms with Gasteiger partial charge in [-0.25, -0.2) is 0 Å². The van der Waals surface area contributed by atoms with Gasteiger partial charge in [-0.05, 0) is 17.5 Å². The Morgan fingerprint density at radius 2 is 2.08 bits per heavy atom. The van der Waals surface area contributed by atoms with E-state index in [9.17, 15) is 0 Å². The van der Waals surface area contributed by atoms with E-state index in [1.807, 2.05) is 12.2 Å². The van der Waals surface area contributed by atoms with Gasteiger partial charge in [0.25, 0.3) is 0 Å². The van der Waals surface area contributed by atoms with Crippen LogP contribution in [0.1, 0.15) is 11.1 Å². The standard InChI is InChI=1S/C11H14Si/c1-3-6-10-8-5-7-9(4-2)11(10)12/h3-5,7-8H,1-2,6H2,12H3. The summed E-state index contributed by atoms with van der Waals surface area (Å²) in [5, 5.41) is 1.45. The zero-order chi connectivity index (χ0) is 8.97. The quantitative estimate of drug-likeness (QED) is 0.474. The van der Waals surface area contributed by atoms with Crippen molar-refractivity contribution in [1.29, 1.82) is 0 Å². The molecule has 0 unspecified atom stereocenters. The van der Waals surface area contributed by atoms with Crippen LogP contribution in [0.2, 0.25) is 0 Å². The van der Waals surface area contributed by atoms with E-state index in [1.54, 1.807) is 0 Å². The highest BCUT2D eigenvalue weighted by atomic mass is 28.1. The van der Waals surface area contributed by atoms with Crippen LogP contribution in [0.15, 0.2) is 37.4 Å². The molecule has 0 aliphatic carbocycles. The molecule has 0 saturated carbocycles. The van der Waals surface area contributed by atoms with Crippen molar-refractivity contribution in [2.24, 2.45) is 0 Å². The van der Waals surface area contributed by atoms with Gasteiger partial charge in [-0.15, -0.1) is 6.58 Å². The summed E-state index contributed by atoms with van der Waals surface area (Å²) in [6, 6.07) is 6.36. The van der Waals surface area contributed by atoms with Crippen LogP contribution >= 0.6 is 0 Å². The van der Waals surface area contributed by atoms with Crippen LogP contribution in [0, 0.1) is 0 Å². The second-order valence-corrected chi connectivity index (χ2v) is 3.83. The van der Waals surface area contributed by atoms with Crippen LogP contribution in [-0.4, -0.2) is 10.2 Å². The normalized spacial score (nSPS) is 9.67. The van der Waals surface area contributed by atoms with Gasteiger partial charge in [-0.1, -0.05) is 42.1 Å². The van der Waals surface area contributed by atoms with Crippen LogP contribution in [-0.2, 0) is 6.42 Å². The van der Waals surface area contributed by atoms with Crippen LogP contribution in [0.3, 0.4) is 0 Å². The molecule has 0 saturated heterocycles. The third kappa shape index (κ3) is 1.74. The van der Waals surface area contributed by atoms with Crippen LogP contribution in [0.25, 0.3) is 6.08 Å². The first-order valence-corrected chi connectivity index (χ1v) is 5.11. The van der Waals surface area contributed by atoms with Crippen molar-refractivity contribution >= 4 is 21.5 Å². The first kappa shape index (κ1) is 9.01. The lowest BCUT2D eigenvalue weighted by molar-refractivity contribution is 1.30. The molecule has 1 aromatic carbocycles. The monoisotopic (exact) mass is 174 g/mol. The summed E-state index contributed by atoms with van der Waals surface area (Å²) >= 11 is 0. The molecule has 1 aromatic rings. The Kier molecular flexibility index (Phi) is 3.06. The van der Waals surface area contributed by atoms with Crippen molar-refractivity contribution in [3.8, 4) is 0 Å². The topological polar surface area (TPSA) is 0 Å². The highest BCUT2D eigenvalue weighted by Crippen LogP contribution is 2.03. The Balaban J connectivity index is 3.12. The molecule has 0 aliphatic heterocycles. The van der Waals surface area contributed by atoms with Crippen molar-refractivity contribution in [3.63, 3.8) is 0 Å². The summed E-state index contributed by atoms with van der Waals surface area (Å²) in [4.78, 5) is 0. The zero-order valence-electron chi connectivity index (χ0n) is 7.51. The van der Waals surface area contributed by atoms with Gasteiger partial charge in [0.05, 0.1) is 0 Å². The first-order valence-electron chi connectivity index (χ1n) is 4.11. The average molecular weight is 174 g/mol. The summed E-state index contributed by atoms with van der Waals surface area (Å²) in [5.74, 6) is 0. The van der Waals surface area contributed by atoms with Crippen molar-refractivity contribution in [2.45, 2.75) is 6.42 Å². The third-order valence-corrected chi connectivity index (χ3v) is 3.29. The molecule has 0 nitrogen and oxygen atoms in total. The number of allylic oxidation sites excluding steroid dienone is 1. The van der Waals surface area contributed by atoms with E-state index >= 15 is 0 Å². The number of hydrogen-bond donors (Lipinski definition) is 0. The minimum absolute atomic E-state index is 0.973. The van der Waals surface area contributed by atoms with E-state index < -0.39 is 0 Å². The highest BCUT2D eigenvalue weighted by molar-refractivity contribution is 6.35. The van der Waals surface area contributed by atoms with Crippen LogP contribution in [0.5, 0.6) is 0 Å². The molecule has 0 aromatic heterocycles. The molecule has 0 fully saturated rings. The van der Waals surface area contributed by atoms with E-state index in [0.717, 1.165) is 16.7 Å². The molecule has 0 spiro atoms. The van der Waals surface area contributed by atoms with E-state index in [4.69, 9.17) is 0 Å². The predicted molar refractivity (Wildman–Crippen MR) is 60.0 cm³/mol. The molecule has 0 atom stereocenters. The molecular weight excluding hydrogens is 160 g/mol. The molecular formula is C11H14Si. The Hall–Kier alpha value is -1.08. The van der Waals surface area contributed by atoms with Crippen molar-refractivity contribution < 1.29 is 0 Å². The minimum atomic E-state index is 0.973. The van der Waals surface area contributed by atoms with Gasteiger partial charge >= 0.3 is 0 Å². The molecule has 0 bridgehead atoms.